The maximum atomic E-state index is 13.6. The second-order valence-corrected chi connectivity index (χ2v) is 12.7. The molecule has 0 aromatic heterocycles. The molecule has 4 heterocycles. The number of benzene rings is 3. The van der Waals surface area contributed by atoms with Gasteiger partial charge >= 0.3 is 0 Å². The third-order valence-corrected chi connectivity index (χ3v) is 9.80. The summed E-state index contributed by atoms with van der Waals surface area (Å²) in [5.74, 6) is -0.413. The van der Waals surface area contributed by atoms with E-state index < -0.39 is 25.8 Å². The highest BCUT2D eigenvalue weighted by molar-refractivity contribution is 7.92. The fourth-order valence-corrected chi connectivity index (χ4v) is 7.30. The van der Waals surface area contributed by atoms with Crippen LogP contribution in [0.5, 0.6) is 0 Å². The van der Waals surface area contributed by atoms with Crippen molar-refractivity contribution >= 4 is 25.6 Å². The molecule has 4 aliphatic heterocycles. The molecule has 10 heteroatoms. The van der Waals surface area contributed by atoms with E-state index in [9.17, 15) is 21.2 Å². The minimum Gasteiger partial charge on any atom is -0.367 e. The van der Waals surface area contributed by atoms with Gasteiger partial charge in [0, 0.05) is 49.0 Å². The van der Waals surface area contributed by atoms with Crippen molar-refractivity contribution in [1.29, 1.82) is 0 Å². The summed E-state index contributed by atoms with van der Waals surface area (Å²) < 4.78 is 69.0. The molecule has 7 nitrogen and oxygen atoms in total. The predicted octanol–water partition coefficient (Wildman–Crippen LogP) is 4.17. The van der Waals surface area contributed by atoms with Crippen molar-refractivity contribution in [2.45, 2.75) is 40.5 Å². The van der Waals surface area contributed by atoms with Crippen molar-refractivity contribution in [3.8, 4) is 11.1 Å². The SMILES string of the molecule is Cc1ccc(S(=O)(=O)O)cc1.O=S1(=O)c2ccc(F)cc2-c2ccc(N3CCN4CCC3CC4)cc21. The van der Waals surface area contributed by atoms with Gasteiger partial charge in [0.1, 0.15) is 5.82 Å². The fraction of sp³-hybridized carbons (Fsp3) is 0.308. The molecule has 0 unspecified atom stereocenters. The quantitative estimate of drug-likeness (QED) is 0.307. The Kier molecular flexibility index (Phi) is 6.40. The molecule has 1 N–H and O–H groups in total. The van der Waals surface area contributed by atoms with Crippen LogP contribution < -0.4 is 4.90 Å². The van der Waals surface area contributed by atoms with E-state index in [2.05, 4.69) is 9.80 Å². The van der Waals surface area contributed by atoms with Crippen LogP contribution in [0.15, 0.2) is 75.4 Å². The summed E-state index contributed by atoms with van der Waals surface area (Å²) >= 11 is 0. The molecular formula is C26H27FN2O5S2. The normalized spacial score (nSPS) is 21.7. The highest BCUT2D eigenvalue weighted by Crippen LogP contribution is 2.45. The molecule has 3 aromatic rings. The van der Waals surface area contributed by atoms with Gasteiger partial charge in [0.05, 0.1) is 14.7 Å². The number of anilines is 1. The molecule has 2 bridgehead atoms. The van der Waals surface area contributed by atoms with Gasteiger partial charge < -0.3 is 9.80 Å². The number of hydrogen-bond acceptors (Lipinski definition) is 6. The van der Waals surface area contributed by atoms with E-state index in [1.807, 2.05) is 19.1 Å². The van der Waals surface area contributed by atoms with Crippen molar-refractivity contribution < 1.29 is 25.8 Å². The number of piperidine rings is 1. The van der Waals surface area contributed by atoms with Gasteiger partial charge in [-0.05, 0) is 62.2 Å². The lowest BCUT2D eigenvalue weighted by Gasteiger charge is -2.33. The Labute approximate surface area is 210 Å². The predicted molar refractivity (Wildman–Crippen MR) is 135 cm³/mol. The maximum Gasteiger partial charge on any atom is 0.294 e. The summed E-state index contributed by atoms with van der Waals surface area (Å²) in [5, 5.41) is 0. The molecule has 0 radical (unpaired) electrons. The number of sulfone groups is 1. The molecule has 3 fully saturated rings. The Bertz CT molecular complexity index is 1510. The Morgan fingerprint density at radius 1 is 0.861 bits per heavy atom. The van der Waals surface area contributed by atoms with E-state index in [1.54, 1.807) is 18.2 Å². The van der Waals surface area contributed by atoms with E-state index in [1.165, 1.54) is 30.3 Å². The second-order valence-electron chi connectivity index (χ2n) is 9.38. The van der Waals surface area contributed by atoms with Gasteiger partial charge in [0.2, 0.25) is 9.84 Å². The molecular weight excluding hydrogens is 503 g/mol. The van der Waals surface area contributed by atoms with Crippen LogP contribution in [0.1, 0.15) is 18.4 Å². The largest absolute Gasteiger partial charge is 0.367 e. The summed E-state index contributed by atoms with van der Waals surface area (Å²) in [5.41, 5.74) is 3.01. The monoisotopic (exact) mass is 530 g/mol. The zero-order valence-corrected chi connectivity index (χ0v) is 21.4. The fourth-order valence-electron chi connectivity index (χ4n) is 5.14. The maximum absolute atomic E-state index is 13.6. The molecule has 190 valence electrons. The Balaban J connectivity index is 0.000000205. The van der Waals surface area contributed by atoms with Crippen LogP contribution in [0.3, 0.4) is 0 Å². The van der Waals surface area contributed by atoms with E-state index >= 15 is 0 Å². The molecule has 0 aliphatic carbocycles. The lowest BCUT2D eigenvalue weighted by molar-refractivity contribution is 0.250. The molecule has 0 saturated carbocycles. The first-order chi connectivity index (χ1) is 17.0. The number of nitrogens with zero attached hydrogens (tertiary/aromatic N) is 2. The highest BCUT2D eigenvalue weighted by Gasteiger charge is 2.35. The first-order valence-electron chi connectivity index (χ1n) is 11.8. The lowest BCUT2D eigenvalue weighted by Crippen LogP contribution is -2.37. The second kappa shape index (κ2) is 9.26. The minimum absolute atomic E-state index is 0.0666. The van der Waals surface area contributed by atoms with Crippen LogP contribution in [0.2, 0.25) is 0 Å². The summed E-state index contributed by atoms with van der Waals surface area (Å²) in [6, 6.07) is 16.0. The molecule has 3 saturated heterocycles. The van der Waals surface area contributed by atoms with Gasteiger partial charge in [-0.2, -0.15) is 8.42 Å². The van der Waals surface area contributed by atoms with Crippen LogP contribution in [0.4, 0.5) is 10.1 Å². The van der Waals surface area contributed by atoms with Crippen molar-refractivity contribution in [3.63, 3.8) is 0 Å². The highest BCUT2D eigenvalue weighted by atomic mass is 32.2. The molecule has 0 amide bonds. The number of aryl methyl sites for hydroxylation is 1. The van der Waals surface area contributed by atoms with Gasteiger partial charge in [0.15, 0.2) is 0 Å². The van der Waals surface area contributed by atoms with Gasteiger partial charge in [-0.25, -0.2) is 12.8 Å². The summed E-state index contributed by atoms with van der Waals surface area (Å²) in [6.45, 7) is 6.02. The van der Waals surface area contributed by atoms with Crippen LogP contribution in [0.25, 0.3) is 11.1 Å². The average Bonchev–Trinajstić information content (AvgIpc) is 3.04. The van der Waals surface area contributed by atoms with Crippen molar-refractivity contribution in [3.05, 3.63) is 72.0 Å². The van der Waals surface area contributed by atoms with Crippen LogP contribution in [-0.2, 0) is 20.0 Å². The first-order valence-corrected chi connectivity index (χ1v) is 14.7. The van der Waals surface area contributed by atoms with E-state index in [-0.39, 0.29) is 9.79 Å². The molecule has 3 aromatic carbocycles. The number of hydrogen-bond donors (Lipinski definition) is 1. The smallest absolute Gasteiger partial charge is 0.294 e. The van der Waals surface area contributed by atoms with Crippen LogP contribution in [0, 0.1) is 12.7 Å². The van der Waals surface area contributed by atoms with Crippen LogP contribution in [-0.4, -0.2) is 58.5 Å². The molecule has 4 aliphatic rings. The Morgan fingerprint density at radius 2 is 1.56 bits per heavy atom. The Morgan fingerprint density at radius 3 is 2.22 bits per heavy atom. The zero-order chi connectivity index (χ0) is 25.7. The molecule has 0 spiro atoms. The molecule has 7 rings (SSSR count). The zero-order valence-electron chi connectivity index (χ0n) is 19.8. The summed E-state index contributed by atoms with van der Waals surface area (Å²) in [4.78, 5) is 5.28. The van der Waals surface area contributed by atoms with Gasteiger partial charge in [0.25, 0.3) is 10.1 Å². The number of halogens is 1. The van der Waals surface area contributed by atoms with E-state index in [0.29, 0.717) is 22.1 Å². The summed E-state index contributed by atoms with van der Waals surface area (Å²) in [6.07, 6.45) is 2.24. The molecule has 0 atom stereocenters. The van der Waals surface area contributed by atoms with Crippen molar-refractivity contribution in [2.24, 2.45) is 0 Å². The van der Waals surface area contributed by atoms with E-state index in [4.69, 9.17) is 4.55 Å². The van der Waals surface area contributed by atoms with Gasteiger partial charge in [-0.3, -0.25) is 4.55 Å². The topological polar surface area (TPSA) is 95.0 Å². The Hall–Kier alpha value is -2.79. The van der Waals surface area contributed by atoms with Crippen molar-refractivity contribution in [1.82, 2.24) is 4.90 Å². The van der Waals surface area contributed by atoms with Crippen LogP contribution >= 0.6 is 0 Å². The average molecular weight is 531 g/mol. The van der Waals surface area contributed by atoms with E-state index in [0.717, 1.165) is 50.3 Å². The number of rotatable bonds is 2. The number of fused-ring (bicyclic) bond motifs is 7. The summed E-state index contributed by atoms with van der Waals surface area (Å²) in [7, 11) is -7.59. The minimum atomic E-state index is -4.02. The van der Waals surface area contributed by atoms with Gasteiger partial charge in [-0.1, -0.05) is 23.8 Å². The van der Waals surface area contributed by atoms with Crippen molar-refractivity contribution in [2.75, 3.05) is 31.1 Å². The standard InChI is InChI=1S/C19H19FN2O2S.C7H8O3S/c20-13-1-4-18-17(11-13)16-3-2-15(12-19(16)25(18,23)24)22-10-9-21-7-5-14(22)6-8-21;1-6-2-4-7(5-3-6)11(8,9)10/h1-4,11-12,14H,5-10H2;2-5H,1H3,(H,8,9,10). The van der Waals surface area contributed by atoms with Gasteiger partial charge in [-0.15, -0.1) is 0 Å². The first kappa shape index (κ1) is 24.9. The molecule has 36 heavy (non-hydrogen) atoms. The lowest BCUT2D eigenvalue weighted by atomic mass is 10.0. The third-order valence-electron chi connectivity index (χ3n) is 7.08. The third kappa shape index (κ3) is 4.66.